The van der Waals surface area contributed by atoms with E-state index < -0.39 is 54.3 Å². The van der Waals surface area contributed by atoms with Crippen molar-refractivity contribution in [1.82, 2.24) is 16.0 Å². The maximum atomic E-state index is 13.6. The van der Waals surface area contributed by atoms with Crippen LogP contribution in [-0.2, 0) is 35.2 Å². The van der Waals surface area contributed by atoms with Crippen molar-refractivity contribution < 1.29 is 38.4 Å². The molecule has 0 radical (unpaired) electrons. The van der Waals surface area contributed by atoms with Gasteiger partial charge in [-0.3, -0.25) is 28.8 Å². The number of carbonyl (C=O) groups excluding carboxylic acids is 6. The largest absolute Gasteiger partial charge is 0.394 e. The molecule has 0 spiro atoms. The Balaban J connectivity index is 3.04. The summed E-state index contributed by atoms with van der Waals surface area (Å²) in [7, 11) is 6.18. The van der Waals surface area contributed by atoms with Crippen LogP contribution in [0.3, 0.4) is 0 Å². The van der Waals surface area contributed by atoms with E-state index in [1.165, 1.54) is 6.92 Å². The topological polar surface area (TPSA) is 185 Å². The summed E-state index contributed by atoms with van der Waals surface area (Å²) in [6, 6.07) is 6.28. The van der Waals surface area contributed by atoms with Gasteiger partial charge >= 0.3 is 0 Å². The van der Waals surface area contributed by atoms with Gasteiger partial charge in [-0.05, 0) is 43.6 Å². The van der Waals surface area contributed by atoms with Gasteiger partial charge in [-0.15, -0.1) is 0 Å². The summed E-state index contributed by atoms with van der Waals surface area (Å²) in [5.74, 6) is -4.46. The summed E-state index contributed by atoms with van der Waals surface area (Å²) in [4.78, 5) is 76.8. The minimum atomic E-state index is -1.27. The normalized spacial score (nSPS) is 14.8. The van der Waals surface area contributed by atoms with E-state index in [1.807, 2.05) is 44.2 Å². The first kappa shape index (κ1) is 40.4. The lowest BCUT2D eigenvalue weighted by Gasteiger charge is -2.26. The van der Waals surface area contributed by atoms with Crippen molar-refractivity contribution in [2.75, 3.05) is 34.3 Å². The molecule has 0 heterocycles. The molecule has 1 aromatic rings. The van der Waals surface area contributed by atoms with Gasteiger partial charge in [0, 0.05) is 31.6 Å². The van der Waals surface area contributed by atoms with Crippen molar-refractivity contribution >= 4 is 35.2 Å². The van der Waals surface area contributed by atoms with Crippen LogP contribution in [0.1, 0.15) is 71.8 Å². The number of hydrogen-bond acceptors (Lipinski definition) is 7. The van der Waals surface area contributed by atoms with E-state index in [9.17, 15) is 33.9 Å². The van der Waals surface area contributed by atoms with Gasteiger partial charge in [0.1, 0.15) is 6.04 Å². The maximum absolute atomic E-state index is 13.6. The number of carbonyl (C=O) groups is 6. The van der Waals surface area contributed by atoms with Crippen molar-refractivity contribution in [2.45, 2.75) is 90.8 Å². The van der Waals surface area contributed by atoms with E-state index in [0.29, 0.717) is 19.3 Å². The molecule has 0 aromatic heterocycles. The molecule has 4 amide bonds. The molecule has 0 saturated heterocycles. The highest BCUT2D eigenvalue weighted by atomic mass is 16.3. The van der Waals surface area contributed by atoms with E-state index in [2.05, 4.69) is 37.1 Å². The number of nitrogens with zero attached hydrogens (tertiary/aromatic N) is 1. The number of rotatable bonds is 22. The van der Waals surface area contributed by atoms with E-state index in [1.54, 1.807) is 6.92 Å². The Kier molecular flexibility index (Phi) is 17.4. The average molecular weight is 647 g/mol. The van der Waals surface area contributed by atoms with Crippen LogP contribution in [0.4, 0.5) is 0 Å². The molecular formula is C34H56N5O7+. The van der Waals surface area contributed by atoms with Gasteiger partial charge in [0.2, 0.25) is 23.6 Å². The van der Waals surface area contributed by atoms with Crippen molar-refractivity contribution in [3.63, 3.8) is 0 Å². The van der Waals surface area contributed by atoms with Gasteiger partial charge in [-0.25, -0.2) is 0 Å². The molecule has 6 N–H and O–H groups in total. The molecule has 258 valence electrons. The Labute approximate surface area is 273 Å². The minimum absolute atomic E-state index is 0.0340. The Morgan fingerprint density at radius 1 is 0.804 bits per heavy atom. The molecule has 0 fully saturated rings. The molecule has 5 atom stereocenters. The van der Waals surface area contributed by atoms with Crippen LogP contribution in [-0.4, -0.2) is 97.2 Å². The highest BCUT2D eigenvalue weighted by Gasteiger charge is 2.32. The lowest BCUT2D eigenvalue weighted by atomic mass is 9.89. The Morgan fingerprint density at radius 3 is 1.91 bits per heavy atom. The molecule has 0 unspecified atom stereocenters. The number of hydrogen-bond donors (Lipinski definition) is 5. The SMILES string of the molecule is CC(=O)N[C@@H](Cc1ccccc1)C(=O)C[C@@H](C)C(=O)N[C@@H](CC(C)C)C(=O)C[C@@H](CCCC[N+](C)(C)C)C(=O)N[C@@H](CO)C(N)=O. The summed E-state index contributed by atoms with van der Waals surface area (Å²) < 4.78 is 0.741. The second-order valence-electron chi connectivity index (χ2n) is 13.7. The number of nitrogens with two attached hydrogens (primary N) is 1. The lowest BCUT2D eigenvalue weighted by molar-refractivity contribution is -0.870. The predicted octanol–water partition coefficient (Wildman–Crippen LogP) is 1.27. The number of benzene rings is 1. The van der Waals surface area contributed by atoms with Crippen LogP contribution < -0.4 is 21.7 Å². The number of ketones is 2. The first-order chi connectivity index (χ1) is 21.4. The van der Waals surface area contributed by atoms with Gasteiger partial charge in [0.05, 0.1) is 46.4 Å². The zero-order valence-electron chi connectivity index (χ0n) is 28.6. The summed E-state index contributed by atoms with van der Waals surface area (Å²) in [6.45, 7) is 6.95. The van der Waals surface area contributed by atoms with Crippen LogP contribution in [0.15, 0.2) is 30.3 Å². The molecule has 0 saturated carbocycles. The molecule has 12 heteroatoms. The molecular weight excluding hydrogens is 590 g/mol. The monoisotopic (exact) mass is 646 g/mol. The quantitative estimate of drug-likeness (QED) is 0.0928. The average Bonchev–Trinajstić information content (AvgIpc) is 2.95. The summed E-state index contributed by atoms with van der Waals surface area (Å²) >= 11 is 0. The first-order valence-electron chi connectivity index (χ1n) is 16.1. The molecule has 0 aliphatic heterocycles. The standard InChI is InChI=1S/C34H55N5O7/c1-22(2)17-27(31(43)20-26(15-11-12-16-39(5,6)7)34(46)38-29(21-40)32(35)44)37-33(45)23(3)18-30(42)28(36-24(4)41)19-25-13-9-8-10-14-25/h8-10,13-14,22-23,26-29,40H,11-12,15-21H2,1-7H3,(H4-,35,36,37,38,41,44,45,46)/p+1/t23-,26-,27+,28+,29+/m1/s1. The fourth-order valence-corrected chi connectivity index (χ4v) is 5.12. The maximum Gasteiger partial charge on any atom is 0.242 e. The smallest absolute Gasteiger partial charge is 0.242 e. The van der Waals surface area contributed by atoms with Gasteiger partial charge in [0.15, 0.2) is 11.6 Å². The summed E-state index contributed by atoms with van der Waals surface area (Å²) in [6.07, 6.45) is 2.12. The van der Waals surface area contributed by atoms with E-state index in [4.69, 9.17) is 5.73 Å². The fraction of sp³-hybridized carbons (Fsp3) is 0.647. The predicted molar refractivity (Wildman–Crippen MR) is 176 cm³/mol. The third-order valence-corrected chi connectivity index (χ3v) is 7.71. The third-order valence-electron chi connectivity index (χ3n) is 7.71. The van der Waals surface area contributed by atoms with Crippen molar-refractivity contribution in [3.8, 4) is 0 Å². The number of nitrogens with one attached hydrogen (secondary N) is 3. The Morgan fingerprint density at radius 2 is 1.39 bits per heavy atom. The fourth-order valence-electron chi connectivity index (χ4n) is 5.12. The summed E-state index contributed by atoms with van der Waals surface area (Å²) in [5, 5.41) is 17.4. The number of Topliss-reactive ketones (excluding diaryl/α,β-unsaturated/α-hetero) is 2. The lowest BCUT2D eigenvalue weighted by Crippen LogP contribution is -2.50. The van der Waals surface area contributed by atoms with Gasteiger partial charge in [-0.2, -0.15) is 0 Å². The highest BCUT2D eigenvalue weighted by molar-refractivity contribution is 5.96. The second-order valence-corrected chi connectivity index (χ2v) is 13.7. The number of unbranched alkanes of at least 4 members (excludes halogenated alkanes) is 1. The van der Waals surface area contributed by atoms with Crippen LogP contribution in [0.5, 0.6) is 0 Å². The second kappa shape index (κ2) is 19.8. The first-order valence-corrected chi connectivity index (χ1v) is 16.1. The van der Waals surface area contributed by atoms with Gasteiger partial charge in [-0.1, -0.05) is 51.1 Å². The zero-order valence-corrected chi connectivity index (χ0v) is 28.6. The Bertz CT molecular complexity index is 1170. The van der Waals surface area contributed by atoms with Crippen molar-refractivity contribution in [2.24, 2.45) is 23.5 Å². The summed E-state index contributed by atoms with van der Waals surface area (Å²) in [5.41, 5.74) is 6.16. The molecule has 12 nitrogen and oxygen atoms in total. The van der Waals surface area contributed by atoms with Crippen LogP contribution >= 0.6 is 0 Å². The van der Waals surface area contributed by atoms with Crippen LogP contribution in [0.2, 0.25) is 0 Å². The van der Waals surface area contributed by atoms with Crippen molar-refractivity contribution in [1.29, 1.82) is 0 Å². The van der Waals surface area contributed by atoms with Crippen LogP contribution in [0, 0.1) is 17.8 Å². The highest BCUT2D eigenvalue weighted by Crippen LogP contribution is 2.19. The molecule has 46 heavy (non-hydrogen) atoms. The zero-order chi connectivity index (χ0) is 35.0. The number of aliphatic hydroxyl groups is 1. The molecule has 0 aliphatic carbocycles. The third kappa shape index (κ3) is 16.1. The molecule has 0 bridgehead atoms. The van der Waals surface area contributed by atoms with Gasteiger partial charge in [0.25, 0.3) is 0 Å². The van der Waals surface area contributed by atoms with E-state index in [0.717, 1.165) is 23.0 Å². The molecule has 0 aliphatic rings. The Hall–Kier alpha value is -3.64. The van der Waals surface area contributed by atoms with Gasteiger partial charge < -0.3 is 31.3 Å². The number of quaternary nitrogens is 1. The number of amides is 4. The number of primary amides is 1. The van der Waals surface area contributed by atoms with E-state index >= 15 is 0 Å². The minimum Gasteiger partial charge on any atom is -0.394 e. The molecule has 1 rings (SSSR count). The van der Waals surface area contributed by atoms with Crippen LogP contribution in [0.25, 0.3) is 0 Å². The number of aliphatic hydroxyl groups excluding tert-OH is 1. The molecule has 1 aromatic carbocycles. The van der Waals surface area contributed by atoms with Crippen molar-refractivity contribution in [3.05, 3.63) is 35.9 Å². The van der Waals surface area contributed by atoms with E-state index in [-0.39, 0.29) is 42.7 Å².